The Labute approximate surface area is 78.2 Å². The largest absolute Gasteiger partial charge is 0.400 e. The molecule has 3 heteroatoms. The molecule has 0 fully saturated rings. The fourth-order valence-corrected chi connectivity index (χ4v) is 0.956. The molecular weight excluding hydrogens is 166 g/mol. The monoisotopic (exact) mass is 181 g/mol. The molecule has 0 aliphatic rings. The molecule has 1 unspecified atom stereocenters. The number of aryl methyl sites for hydroxylation is 1. The van der Waals surface area contributed by atoms with Crippen LogP contribution in [-0.4, -0.2) is 18.5 Å². The maximum atomic E-state index is 10.3. The molecule has 1 rings (SSSR count). The fourth-order valence-electron chi connectivity index (χ4n) is 0.956. The molecule has 3 nitrogen and oxygen atoms in total. The number of aldehydes is 1. The summed E-state index contributed by atoms with van der Waals surface area (Å²) in [5.74, 6) is 0. The van der Waals surface area contributed by atoms with Gasteiger partial charge in [-0.05, 0) is 12.5 Å². The van der Waals surface area contributed by atoms with Crippen LogP contribution in [0.2, 0.25) is 0 Å². The second-order valence-corrected chi connectivity index (χ2v) is 2.58. The number of benzene rings is 1. The molecular formula is C10H15NO2. The van der Waals surface area contributed by atoms with Crippen LogP contribution in [-0.2, 0) is 4.79 Å². The standard InChI is InChI=1S/C9H11NO.CH4O/c1-7-3-2-4-8(5-7)9(10)6-11;1-2/h2-6,9H,10H2,1H3;2H,1H3. The molecule has 13 heavy (non-hydrogen) atoms. The van der Waals surface area contributed by atoms with Crippen molar-refractivity contribution < 1.29 is 9.90 Å². The molecule has 0 bridgehead atoms. The second kappa shape index (κ2) is 6.34. The van der Waals surface area contributed by atoms with Crippen LogP contribution in [0.25, 0.3) is 0 Å². The van der Waals surface area contributed by atoms with Crippen molar-refractivity contribution in [1.82, 2.24) is 0 Å². The van der Waals surface area contributed by atoms with Crippen LogP contribution in [0.15, 0.2) is 24.3 Å². The summed E-state index contributed by atoms with van der Waals surface area (Å²) in [6, 6.07) is 7.16. The lowest BCUT2D eigenvalue weighted by atomic mass is 10.1. The highest BCUT2D eigenvalue weighted by molar-refractivity contribution is 5.61. The van der Waals surface area contributed by atoms with Gasteiger partial charge in [0, 0.05) is 7.11 Å². The summed E-state index contributed by atoms with van der Waals surface area (Å²) in [7, 11) is 1.00. The predicted octanol–water partition coefficient (Wildman–Crippen LogP) is 0.802. The van der Waals surface area contributed by atoms with Gasteiger partial charge in [-0.25, -0.2) is 0 Å². The van der Waals surface area contributed by atoms with Gasteiger partial charge in [-0.1, -0.05) is 29.8 Å². The summed E-state index contributed by atoms with van der Waals surface area (Å²) in [6.45, 7) is 1.97. The number of rotatable bonds is 2. The van der Waals surface area contributed by atoms with Gasteiger partial charge in [0.2, 0.25) is 0 Å². The molecule has 0 spiro atoms. The average molecular weight is 181 g/mol. The van der Waals surface area contributed by atoms with Crippen molar-refractivity contribution in [1.29, 1.82) is 0 Å². The lowest BCUT2D eigenvalue weighted by Crippen LogP contribution is -2.10. The van der Waals surface area contributed by atoms with E-state index in [9.17, 15) is 4.79 Å². The number of nitrogens with two attached hydrogens (primary N) is 1. The van der Waals surface area contributed by atoms with Crippen molar-refractivity contribution in [3.05, 3.63) is 35.4 Å². The van der Waals surface area contributed by atoms with E-state index in [1.54, 1.807) is 0 Å². The lowest BCUT2D eigenvalue weighted by molar-refractivity contribution is -0.109. The van der Waals surface area contributed by atoms with Gasteiger partial charge in [-0.3, -0.25) is 0 Å². The van der Waals surface area contributed by atoms with Crippen molar-refractivity contribution in [3.8, 4) is 0 Å². The van der Waals surface area contributed by atoms with E-state index in [1.807, 2.05) is 31.2 Å². The average Bonchev–Trinajstić information content (AvgIpc) is 2.20. The molecule has 0 saturated heterocycles. The van der Waals surface area contributed by atoms with Gasteiger partial charge in [0.1, 0.15) is 6.29 Å². The first kappa shape index (κ1) is 11.8. The van der Waals surface area contributed by atoms with Gasteiger partial charge in [0.05, 0.1) is 6.04 Å². The molecule has 0 aliphatic heterocycles. The van der Waals surface area contributed by atoms with Gasteiger partial charge in [0.25, 0.3) is 0 Å². The molecule has 0 saturated carbocycles. The number of aliphatic hydroxyl groups excluding tert-OH is 1. The van der Waals surface area contributed by atoms with Crippen LogP contribution in [0.3, 0.4) is 0 Å². The van der Waals surface area contributed by atoms with E-state index in [0.29, 0.717) is 0 Å². The number of hydrogen-bond acceptors (Lipinski definition) is 3. The Balaban J connectivity index is 0.000000671. The zero-order valence-electron chi connectivity index (χ0n) is 7.90. The van der Waals surface area contributed by atoms with Gasteiger partial charge >= 0.3 is 0 Å². The highest BCUT2D eigenvalue weighted by atomic mass is 16.2. The summed E-state index contributed by atoms with van der Waals surface area (Å²) >= 11 is 0. The van der Waals surface area contributed by atoms with Crippen LogP contribution < -0.4 is 5.73 Å². The van der Waals surface area contributed by atoms with Crippen LogP contribution in [0, 0.1) is 6.92 Å². The Morgan fingerprint density at radius 2 is 2.08 bits per heavy atom. The van der Waals surface area contributed by atoms with E-state index >= 15 is 0 Å². The third kappa shape index (κ3) is 3.83. The first-order chi connectivity index (χ1) is 6.24. The number of carbonyl (C=O) groups is 1. The van der Waals surface area contributed by atoms with Crippen molar-refractivity contribution in [2.24, 2.45) is 5.73 Å². The fraction of sp³-hybridized carbons (Fsp3) is 0.300. The van der Waals surface area contributed by atoms with Gasteiger partial charge in [0.15, 0.2) is 0 Å². The molecule has 0 aromatic heterocycles. The molecule has 3 N–H and O–H groups in total. The first-order valence-corrected chi connectivity index (χ1v) is 3.96. The molecule has 0 amide bonds. The van der Waals surface area contributed by atoms with Crippen LogP contribution in [0.4, 0.5) is 0 Å². The van der Waals surface area contributed by atoms with Crippen molar-refractivity contribution >= 4 is 6.29 Å². The maximum Gasteiger partial charge on any atom is 0.141 e. The molecule has 1 aromatic carbocycles. The molecule has 0 aliphatic carbocycles. The zero-order valence-corrected chi connectivity index (χ0v) is 7.90. The SMILES string of the molecule is CO.Cc1cccc(C(N)C=O)c1. The quantitative estimate of drug-likeness (QED) is 0.663. The summed E-state index contributed by atoms with van der Waals surface area (Å²) in [6.07, 6.45) is 0.745. The lowest BCUT2D eigenvalue weighted by Gasteiger charge is -2.03. The van der Waals surface area contributed by atoms with Crippen LogP contribution in [0.5, 0.6) is 0 Å². The number of carbonyl (C=O) groups excluding carboxylic acids is 1. The number of hydrogen-bond donors (Lipinski definition) is 2. The summed E-state index contributed by atoms with van der Waals surface area (Å²) in [5.41, 5.74) is 7.49. The van der Waals surface area contributed by atoms with Crippen molar-refractivity contribution in [2.45, 2.75) is 13.0 Å². The smallest absolute Gasteiger partial charge is 0.141 e. The Morgan fingerprint density at radius 3 is 2.54 bits per heavy atom. The van der Waals surface area contributed by atoms with E-state index in [4.69, 9.17) is 10.8 Å². The Morgan fingerprint density at radius 1 is 1.46 bits per heavy atom. The normalized spacial score (nSPS) is 11.1. The minimum atomic E-state index is -0.477. The maximum absolute atomic E-state index is 10.3. The summed E-state index contributed by atoms with van der Waals surface area (Å²) < 4.78 is 0. The third-order valence-corrected chi connectivity index (χ3v) is 1.57. The van der Waals surface area contributed by atoms with E-state index in [2.05, 4.69) is 0 Å². The van der Waals surface area contributed by atoms with E-state index in [1.165, 1.54) is 0 Å². The predicted molar refractivity (Wildman–Crippen MR) is 52.3 cm³/mol. The Kier molecular flexibility index (Phi) is 5.76. The molecule has 0 heterocycles. The van der Waals surface area contributed by atoms with Gasteiger partial charge < -0.3 is 15.6 Å². The van der Waals surface area contributed by atoms with Gasteiger partial charge in [-0.15, -0.1) is 0 Å². The molecule has 0 radical (unpaired) electrons. The highest BCUT2D eigenvalue weighted by Crippen LogP contribution is 2.09. The van der Waals surface area contributed by atoms with Gasteiger partial charge in [-0.2, -0.15) is 0 Å². The highest BCUT2D eigenvalue weighted by Gasteiger charge is 2.01. The minimum Gasteiger partial charge on any atom is -0.400 e. The Hall–Kier alpha value is -1.19. The third-order valence-electron chi connectivity index (χ3n) is 1.57. The molecule has 1 aromatic rings. The topological polar surface area (TPSA) is 63.3 Å². The molecule has 72 valence electrons. The first-order valence-electron chi connectivity index (χ1n) is 3.96. The number of aliphatic hydroxyl groups is 1. The van der Waals surface area contributed by atoms with E-state index < -0.39 is 6.04 Å². The van der Waals surface area contributed by atoms with E-state index in [0.717, 1.165) is 24.5 Å². The van der Waals surface area contributed by atoms with Crippen molar-refractivity contribution in [2.75, 3.05) is 7.11 Å². The molecule has 1 atom stereocenters. The second-order valence-electron chi connectivity index (χ2n) is 2.58. The van der Waals surface area contributed by atoms with Crippen LogP contribution in [0.1, 0.15) is 17.2 Å². The Bertz CT molecular complexity index is 261. The van der Waals surface area contributed by atoms with Crippen molar-refractivity contribution in [3.63, 3.8) is 0 Å². The van der Waals surface area contributed by atoms with Crippen LogP contribution >= 0.6 is 0 Å². The summed E-state index contributed by atoms with van der Waals surface area (Å²) in [5, 5.41) is 7.00. The zero-order chi connectivity index (χ0) is 10.3. The van der Waals surface area contributed by atoms with E-state index in [-0.39, 0.29) is 0 Å². The summed E-state index contributed by atoms with van der Waals surface area (Å²) in [4.78, 5) is 10.3. The minimum absolute atomic E-state index is 0.477.